The molecule has 1 aliphatic rings. The standard InChI is InChI=1S/C27H26N2O/c1-19(16-20-8-4-2-5-9-20)27-26-24(30)13-12-23-25(26)22(17-28-23)14-15-29(27)18-21-10-6-3-7-11-21/h2-13,16-17,27-28,30H,14-15,18H2,1H3/b19-16+. The first-order valence-electron chi connectivity index (χ1n) is 10.5. The van der Waals surface area contributed by atoms with Crippen LogP contribution in [-0.2, 0) is 13.0 Å². The highest BCUT2D eigenvalue weighted by Crippen LogP contribution is 2.43. The topological polar surface area (TPSA) is 39.3 Å². The van der Waals surface area contributed by atoms with E-state index in [-0.39, 0.29) is 6.04 Å². The Labute approximate surface area is 177 Å². The molecule has 0 radical (unpaired) electrons. The molecule has 150 valence electrons. The summed E-state index contributed by atoms with van der Waals surface area (Å²) in [6, 6.07) is 24.9. The Morgan fingerprint density at radius 3 is 2.53 bits per heavy atom. The summed E-state index contributed by atoms with van der Waals surface area (Å²) in [7, 11) is 0. The molecule has 0 fully saturated rings. The zero-order valence-electron chi connectivity index (χ0n) is 17.2. The summed E-state index contributed by atoms with van der Waals surface area (Å²) < 4.78 is 0. The summed E-state index contributed by atoms with van der Waals surface area (Å²) in [5.74, 6) is 0.370. The monoisotopic (exact) mass is 394 g/mol. The number of phenolic OH excluding ortho intramolecular Hbond substituents is 1. The Kier molecular flexibility index (Phi) is 4.89. The molecule has 4 aromatic rings. The van der Waals surface area contributed by atoms with Crippen LogP contribution in [0.4, 0.5) is 0 Å². The molecule has 3 aromatic carbocycles. The molecule has 1 aliphatic heterocycles. The van der Waals surface area contributed by atoms with E-state index in [2.05, 4.69) is 83.7 Å². The van der Waals surface area contributed by atoms with Gasteiger partial charge in [0.25, 0.3) is 0 Å². The second-order valence-corrected chi connectivity index (χ2v) is 8.14. The van der Waals surface area contributed by atoms with E-state index in [1.807, 2.05) is 18.2 Å². The molecule has 30 heavy (non-hydrogen) atoms. The van der Waals surface area contributed by atoms with Crippen molar-refractivity contribution in [3.05, 3.63) is 107 Å². The quantitative estimate of drug-likeness (QED) is 0.440. The Bertz CT molecular complexity index is 1190. The molecule has 1 unspecified atom stereocenters. The van der Waals surface area contributed by atoms with E-state index in [1.165, 1.54) is 27.6 Å². The number of rotatable bonds is 4. The summed E-state index contributed by atoms with van der Waals surface area (Å²) in [6.07, 6.45) is 5.31. The zero-order chi connectivity index (χ0) is 20.5. The molecule has 5 rings (SSSR count). The van der Waals surface area contributed by atoms with Crippen LogP contribution in [-0.4, -0.2) is 21.5 Å². The van der Waals surface area contributed by atoms with Crippen LogP contribution in [0.15, 0.2) is 84.6 Å². The van der Waals surface area contributed by atoms with Crippen molar-refractivity contribution in [3.8, 4) is 5.75 Å². The maximum atomic E-state index is 11.0. The lowest BCUT2D eigenvalue weighted by Gasteiger charge is -2.32. The zero-order valence-corrected chi connectivity index (χ0v) is 17.2. The average Bonchev–Trinajstić information content (AvgIpc) is 3.10. The van der Waals surface area contributed by atoms with Crippen molar-refractivity contribution in [1.82, 2.24) is 9.88 Å². The highest BCUT2D eigenvalue weighted by atomic mass is 16.3. The van der Waals surface area contributed by atoms with Gasteiger partial charge in [0.15, 0.2) is 0 Å². The third-order valence-corrected chi connectivity index (χ3v) is 6.11. The number of nitrogens with one attached hydrogen (secondary N) is 1. The number of nitrogens with zero attached hydrogens (tertiary/aromatic N) is 1. The number of hydrogen-bond acceptors (Lipinski definition) is 2. The molecule has 0 aliphatic carbocycles. The van der Waals surface area contributed by atoms with E-state index in [9.17, 15) is 5.11 Å². The Morgan fingerprint density at radius 2 is 1.77 bits per heavy atom. The van der Waals surface area contributed by atoms with Crippen LogP contribution in [0.25, 0.3) is 17.0 Å². The summed E-state index contributed by atoms with van der Waals surface area (Å²) in [6.45, 7) is 3.96. The van der Waals surface area contributed by atoms with E-state index in [1.54, 1.807) is 0 Å². The lowest BCUT2D eigenvalue weighted by Crippen LogP contribution is -2.30. The average molecular weight is 395 g/mol. The fourth-order valence-electron chi connectivity index (χ4n) is 4.76. The molecule has 0 spiro atoms. The second kappa shape index (κ2) is 7.85. The van der Waals surface area contributed by atoms with Crippen LogP contribution in [0.1, 0.15) is 35.2 Å². The Morgan fingerprint density at radius 1 is 1.03 bits per heavy atom. The van der Waals surface area contributed by atoms with Crippen molar-refractivity contribution in [2.75, 3.05) is 6.54 Å². The largest absolute Gasteiger partial charge is 0.508 e. The third kappa shape index (κ3) is 3.42. The highest BCUT2D eigenvalue weighted by molar-refractivity contribution is 5.90. The Hall–Kier alpha value is -3.30. The molecule has 1 aromatic heterocycles. The van der Waals surface area contributed by atoms with Gasteiger partial charge in [0, 0.05) is 35.8 Å². The van der Waals surface area contributed by atoms with Gasteiger partial charge in [-0.05, 0) is 42.2 Å². The van der Waals surface area contributed by atoms with Gasteiger partial charge >= 0.3 is 0 Å². The molecular weight excluding hydrogens is 368 g/mol. The van der Waals surface area contributed by atoms with Crippen molar-refractivity contribution >= 4 is 17.0 Å². The third-order valence-electron chi connectivity index (χ3n) is 6.11. The number of phenols is 1. The van der Waals surface area contributed by atoms with Gasteiger partial charge in [0.1, 0.15) is 5.75 Å². The SMILES string of the molecule is C/C(=C\c1ccccc1)C1c2c(O)ccc3[nH]cc(c23)CCN1Cc1ccccc1. The fraction of sp³-hybridized carbons (Fsp3) is 0.185. The lowest BCUT2D eigenvalue weighted by atomic mass is 9.92. The van der Waals surface area contributed by atoms with Gasteiger partial charge < -0.3 is 10.1 Å². The van der Waals surface area contributed by atoms with Crippen LogP contribution in [0.2, 0.25) is 0 Å². The van der Waals surface area contributed by atoms with E-state index < -0.39 is 0 Å². The van der Waals surface area contributed by atoms with Gasteiger partial charge in [-0.15, -0.1) is 0 Å². The van der Waals surface area contributed by atoms with Crippen LogP contribution in [0.5, 0.6) is 5.75 Å². The smallest absolute Gasteiger partial charge is 0.121 e. The summed E-state index contributed by atoms with van der Waals surface area (Å²) in [5.41, 5.74) is 7.09. The lowest BCUT2D eigenvalue weighted by molar-refractivity contribution is 0.217. The van der Waals surface area contributed by atoms with E-state index in [0.29, 0.717) is 5.75 Å². The first-order chi connectivity index (χ1) is 14.7. The van der Waals surface area contributed by atoms with Gasteiger partial charge in [-0.2, -0.15) is 0 Å². The summed E-state index contributed by atoms with van der Waals surface area (Å²) in [5, 5.41) is 12.2. The molecule has 2 N–H and O–H groups in total. The predicted molar refractivity (Wildman–Crippen MR) is 123 cm³/mol. The van der Waals surface area contributed by atoms with Gasteiger partial charge in [-0.25, -0.2) is 0 Å². The molecule has 2 heterocycles. The number of H-pyrrole nitrogens is 1. The molecule has 0 bridgehead atoms. The molecule has 0 saturated carbocycles. The minimum absolute atomic E-state index is 0.00571. The number of hydrogen-bond donors (Lipinski definition) is 2. The molecule has 3 nitrogen and oxygen atoms in total. The van der Waals surface area contributed by atoms with Crippen molar-refractivity contribution < 1.29 is 5.11 Å². The maximum absolute atomic E-state index is 11.0. The predicted octanol–water partition coefficient (Wildman–Crippen LogP) is 6.08. The minimum atomic E-state index is 0.00571. The maximum Gasteiger partial charge on any atom is 0.121 e. The van der Waals surface area contributed by atoms with E-state index in [4.69, 9.17) is 0 Å². The molecule has 0 saturated heterocycles. The number of aromatic amines is 1. The second-order valence-electron chi connectivity index (χ2n) is 8.14. The van der Waals surface area contributed by atoms with Crippen LogP contribution in [0, 0.1) is 0 Å². The van der Waals surface area contributed by atoms with Gasteiger partial charge in [-0.3, -0.25) is 4.90 Å². The summed E-state index contributed by atoms with van der Waals surface area (Å²) in [4.78, 5) is 5.90. The number of aromatic hydroxyl groups is 1. The first kappa shape index (κ1) is 18.7. The fourth-order valence-corrected chi connectivity index (χ4v) is 4.76. The molecular formula is C27H26N2O. The van der Waals surface area contributed by atoms with Gasteiger partial charge in [0.2, 0.25) is 0 Å². The van der Waals surface area contributed by atoms with Crippen molar-refractivity contribution in [2.45, 2.75) is 25.9 Å². The number of aromatic nitrogens is 1. The van der Waals surface area contributed by atoms with Crippen LogP contribution < -0.4 is 0 Å². The number of benzene rings is 3. The normalized spacial score (nSPS) is 17.2. The molecule has 1 atom stereocenters. The van der Waals surface area contributed by atoms with E-state index in [0.717, 1.165) is 30.6 Å². The van der Waals surface area contributed by atoms with Crippen LogP contribution >= 0.6 is 0 Å². The first-order valence-corrected chi connectivity index (χ1v) is 10.5. The van der Waals surface area contributed by atoms with Crippen LogP contribution in [0.3, 0.4) is 0 Å². The van der Waals surface area contributed by atoms with Gasteiger partial charge in [-0.1, -0.05) is 72.3 Å². The minimum Gasteiger partial charge on any atom is -0.508 e. The van der Waals surface area contributed by atoms with Crippen molar-refractivity contribution in [1.29, 1.82) is 0 Å². The van der Waals surface area contributed by atoms with E-state index >= 15 is 0 Å². The van der Waals surface area contributed by atoms with Crippen molar-refractivity contribution in [2.24, 2.45) is 0 Å². The highest BCUT2D eigenvalue weighted by Gasteiger charge is 2.31. The molecule has 0 amide bonds. The van der Waals surface area contributed by atoms with Gasteiger partial charge in [0.05, 0.1) is 6.04 Å². The Balaban J connectivity index is 1.67. The van der Waals surface area contributed by atoms with Crippen molar-refractivity contribution in [3.63, 3.8) is 0 Å². The molecule has 3 heteroatoms. The summed E-state index contributed by atoms with van der Waals surface area (Å²) >= 11 is 0.